The summed E-state index contributed by atoms with van der Waals surface area (Å²) in [6, 6.07) is 9.80. The number of rotatable bonds is 5. The number of carbonyl (C=O) groups is 1. The summed E-state index contributed by atoms with van der Waals surface area (Å²) in [5.41, 5.74) is 3.01. The monoisotopic (exact) mass is 381 g/mol. The number of thioether (sulfide) groups is 1. The number of unbranched alkanes of at least 4 members (excludes halogenated alkanes) is 1. The molecule has 0 saturated carbocycles. The Bertz CT molecular complexity index is 950. The molecule has 0 radical (unpaired) electrons. The normalized spacial score (nSPS) is 18.7. The number of benzene rings is 1. The highest BCUT2D eigenvalue weighted by atomic mass is 32.2. The third kappa shape index (κ3) is 3.46. The third-order valence-electron chi connectivity index (χ3n) is 5.11. The zero-order chi connectivity index (χ0) is 18.8. The summed E-state index contributed by atoms with van der Waals surface area (Å²) in [4.78, 5) is 33.4. The zero-order valence-corrected chi connectivity index (χ0v) is 16.2. The smallest absolute Gasteiger partial charge is 0.257 e. The Morgan fingerprint density at radius 2 is 2.00 bits per heavy atom. The van der Waals surface area contributed by atoms with Gasteiger partial charge < -0.3 is 10.3 Å². The van der Waals surface area contributed by atoms with Gasteiger partial charge in [0.25, 0.3) is 5.56 Å². The van der Waals surface area contributed by atoms with Crippen LogP contribution in [0.15, 0.2) is 51.6 Å². The molecule has 1 aliphatic heterocycles. The number of hydrogen-bond donors (Lipinski definition) is 2. The second-order valence-corrected chi connectivity index (χ2v) is 8.06. The van der Waals surface area contributed by atoms with Gasteiger partial charge in [-0.1, -0.05) is 55.4 Å². The van der Waals surface area contributed by atoms with Crippen LogP contribution < -0.4 is 10.9 Å². The standard InChI is InChI=1S/C21H23N3O2S/c1-2-3-12-27-21-23-19-18(20(26)24-21)16(13-8-5-4-6-9-13)17-14(22-19)10-7-11-15(17)25/h4-6,8-9,16H,2-3,7,10-12H2,1H3,(H2,22,23,24,26)/t16-/m1/s1. The molecule has 1 aromatic heterocycles. The van der Waals surface area contributed by atoms with E-state index in [1.54, 1.807) is 11.8 Å². The molecule has 2 N–H and O–H groups in total. The van der Waals surface area contributed by atoms with Crippen LogP contribution >= 0.6 is 11.8 Å². The Hall–Kier alpha value is -2.34. The second-order valence-electron chi connectivity index (χ2n) is 6.97. The third-order valence-corrected chi connectivity index (χ3v) is 6.07. The summed E-state index contributed by atoms with van der Waals surface area (Å²) in [5.74, 6) is 1.30. The van der Waals surface area contributed by atoms with Crippen LogP contribution in [0, 0.1) is 0 Å². The van der Waals surface area contributed by atoms with Crippen molar-refractivity contribution in [3.8, 4) is 0 Å². The number of Topliss-reactive ketones (excluding diaryl/α,β-unsaturated/α-hetero) is 1. The van der Waals surface area contributed by atoms with Crippen molar-refractivity contribution in [2.75, 3.05) is 11.1 Å². The number of nitrogens with zero attached hydrogens (tertiary/aromatic N) is 1. The SMILES string of the molecule is CCCCSc1nc2c(c(=O)[nH]1)[C@H](c1ccccc1)C1=C(CCCC1=O)N2. The number of hydrogen-bond acceptors (Lipinski definition) is 5. The van der Waals surface area contributed by atoms with Crippen molar-refractivity contribution in [1.29, 1.82) is 0 Å². The van der Waals surface area contributed by atoms with Gasteiger partial charge in [0, 0.05) is 29.4 Å². The van der Waals surface area contributed by atoms with E-state index in [1.807, 2.05) is 30.3 Å². The molecule has 0 spiro atoms. The van der Waals surface area contributed by atoms with E-state index in [4.69, 9.17) is 0 Å². The zero-order valence-electron chi connectivity index (χ0n) is 15.4. The van der Waals surface area contributed by atoms with Crippen molar-refractivity contribution >= 4 is 23.4 Å². The summed E-state index contributed by atoms with van der Waals surface area (Å²) in [5, 5.41) is 3.95. The lowest BCUT2D eigenvalue weighted by Crippen LogP contribution is -2.32. The van der Waals surface area contributed by atoms with Crippen LogP contribution in [-0.2, 0) is 4.79 Å². The van der Waals surface area contributed by atoms with Crippen LogP contribution in [-0.4, -0.2) is 21.5 Å². The Balaban J connectivity index is 1.83. The molecule has 27 heavy (non-hydrogen) atoms. The summed E-state index contributed by atoms with van der Waals surface area (Å²) < 4.78 is 0. The van der Waals surface area contributed by atoms with E-state index in [0.717, 1.165) is 48.3 Å². The van der Waals surface area contributed by atoms with Crippen LogP contribution in [0.3, 0.4) is 0 Å². The van der Waals surface area contributed by atoms with E-state index in [0.29, 0.717) is 23.0 Å². The molecule has 140 valence electrons. The number of allylic oxidation sites excluding steroid dienone is 2. The number of anilines is 1. The van der Waals surface area contributed by atoms with Crippen LogP contribution in [0.25, 0.3) is 0 Å². The summed E-state index contributed by atoms with van der Waals surface area (Å²) in [7, 11) is 0. The Kier molecular flexibility index (Phi) is 5.16. The summed E-state index contributed by atoms with van der Waals surface area (Å²) in [6.45, 7) is 2.14. The van der Waals surface area contributed by atoms with Gasteiger partial charge >= 0.3 is 0 Å². The maximum atomic E-state index is 13.0. The lowest BCUT2D eigenvalue weighted by atomic mass is 9.76. The molecule has 2 aliphatic rings. The van der Waals surface area contributed by atoms with E-state index in [2.05, 4.69) is 22.2 Å². The quantitative estimate of drug-likeness (QED) is 0.461. The minimum absolute atomic E-state index is 0.129. The van der Waals surface area contributed by atoms with Crippen LogP contribution in [0.2, 0.25) is 0 Å². The van der Waals surface area contributed by atoms with Crippen LogP contribution in [0.4, 0.5) is 5.82 Å². The van der Waals surface area contributed by atoms with E-state index in [1.165, 1.54) is 0 Å². The van der Waals surface area contributed by atoms with E-state index in [9.17, 15) is 9.59 Å². The highest BCUT2D eigenvalue weighted by molar-refractivity contribution is 7.99. The topological polar surface area (TPSA) is 74.8 Å². The largest absolute Gasteiger partial charge is 0.343 e. The first-order chi connectivity index (χ1) is 13.2. The average Bonchev–Trinajstić information content (AvgIpc) is 2.67. The van der Waals surface area contributed by atoms with Gasteiger partial charge in [-0.2, -0.15) is 0 Å². The highest BCUT2D eigenvalue weighted by Crippen LogP contribution is 2.43. The van der Waals surface area contributed by atoms with Crippen molar-refractivity contribution < 1.29 is 4.79 Å². The summed E-state index contributed by atoms with van der Waals surface area (Å²) in [6.07, 6.45) is 4.37. The number of aromatic amines is 1. The molecule has 4 rings (SSSR count). The Morgan fingerprint density at radius 3 is 2.78 bits per heavy atom. The van der Waals surface area contributed by atoms with Gasteiger partial charge in [-0.05, 0) is 24.8 Å². The molecule has 6 heteroatoms. The van der Waals surface area contributed by atoms with Crippen molar-refractivity contribution in [3.05, 3.63) is 63.1 Å². The van der Waals surface area contributed by atoms with Crippen molar-refractivity contribution in [2.24, 2.45) is 0 Å². The lowest BCUT2D eigenvalue weighted by molar-refractivity contribution is -0.116. The molecule has 1 atom stereocenters. The van der Waals surface area contributed by atoms with Gasteiger partial charge in [-0.25, -0.2) is 4.98 Å². The number of aromatic nitrogens is 2. The minimum Gasteiger partial charge on any atom is -0.343 e. The molecule has 2 heterocycles. The fourth-order valence-corrected chi connectivity index (χ4v) is 4.75. The lowest BCUT2D eigenvalue weighted by Gasteiger charge is -2.32. The van der Waals surface area contributed by atoms with Crippen molar-refractivity contribution in [1.82, 2.24) is 9.97 Å². The number of H-pyrrole nitrogens is 1. The molecule has 1 aliphatic carbocycles. The molecule has 0 unspecified atom stereocenters. The van der Waals surface area contributed by atoms with Crippen molar-refractivity contribution in [3.63, 3.8) is 0 Å². The van der Waals surface area contributed by atoms with E-state index >= 15 is 0 Å². The van der Waals surface area contributed by atoms with Gasteiger partial charge in [-0.3, -0.25) is 9.59 Å². The number of fused-ring (bicyclic) bond motifs is 1. The highest BCUT2D eigenvalue weighted by Gasteiger charge is 2.37. The van der Waals surface area contributed by atoms with Crippen molar-refractivity contribution in [2.45, 2.75) is 50.1 Å². The van der Waals surface area contributed by atoms with Gasteiger partial charge in [0.05, 0.1) is 5.56 Å². The van der Waals surface area contributed by atoms with Crippen LogP contribution in [0.1, 0.15) is 56.1 Å². The fraction of sp³-hybridized carbons (Fsp3) is 0.381. The molecule has 0 bridgehead atoms. The number of ketones is 1. The minimum atomic E-state index is -0.351. The van der Waals surface area contributed by atoms with Gasteiger partial charge in [-0.15, -0.1) is 0 Å². The Labute approximate surface area is 162 Å². The molecule has 0 amide bonds. The maximum absolute atomic E-state index is 13.0. The molecular formula is C21H23N3O2S. The van der Waals surface area contributed by atoms with Crippen LogP contribution in [0.5, 0.6) is 0 Å². The fourth-order valence-electron chi connectivity index (χ4n) is 3.80. The van der Waals surface area contributed by atoms with E-state index < -0.39 is 0 Å². The number of nitrogens with one attached hydrogen (secondary N) is 2. The molecule has 1 aromatic carbocycles. The molecule has 0 saturated heterocycles. The van der Waals surface area contributed by atoms with Gasteiger partial charge in [0.1, 0.15) is 5.82 Å². The number of carbonyl (C=O) groups excluding carboxylic acids is 1. The van der Waals surface area contributed by atoms with Gasteiger partial charge in [0.15, 0.2) is 10.9 Å². The first-order valence-electron chi connectivity index (χ1n) is 9.54. The van der Waals surface area contributed by atoms with Gasteiger partial charge in [0.2, 0.25) is 0 Å². The molecule has 0 fully saturated rings. The maximum Gasteiger partial charge on any atom is 0.257 e. The predicted molar refractivity (Wildman–Crippen MR) is 108 cm³/mol. The molecule has 5 nitrogen and oxygen atoms in total. The Morgan fingerprint density at radius 1 is 1.19 bits per heavy atom. The second kappa shape index (κ2) is 7.72. The average molecular weight is 382 g/mol. The van der Waals surface area contributed by atoms with E-state index in [-0.39, 0.29) is 17.3 Å². The molecule has 2 aromatic rings. The summed E-state index contributed by atoms with van der Waals surface area (Å²) >= 11 is 1.57. The predicted octanol–water partition coefficient (Wildman–Crippen LogP) is 4.23. The first-order valence-corrected chi connectivity index (χ1v) is 10.5. The first kappa shape index (κ1) is 18.0. The molecular weight excluding hydrogens is 358 g/mol.